The van der Waals surface area contributed by atoms with Crippen molar-refractivity contribution in [3.63, 3.8) is 0 Å². The lowest BCUT2D eigenvalue weighted by Gasteiger charge is -2.23. The Morgan fingerprint density at radius 3 is 2.48 bits per heavy atom. The summed E-state index contributed by atoms with van der Waals surface area (Å²) in [6.07, 6.45) is 1.09. The molecule has 1 N–H and O–H groups in total. The second-order valence-corrected chi connectivity index (χ2v) is 7.50. The third-order valence-corrected chi connectivity index (χ3v) is 5.48. The number of hydrogen-bond donors (Lipinski definition) is 1. The van der Waals surface area contributed by atoms with Crippen molar-refractivity contribution < 1.29 is 18.9 Å². The van der Waals surface area contributed by atoms with E-state index in [1.165, 1.54) is 5.56 Å². The summed E-state index contributed by atoms with van der Waals surface area (Å²) in [5.41, 5.74) is 2.18. The van der Waals surface area contributed by atoms with E-state index in [2.05, 4.69) is 27.3 Å². The highest BCUT2D eigenvalue weighted by Crippen LogP contribution is 2.39. The SMILES string of the molecule is CN=C(NCc1ccc(OC)c(OC)c1OC)N1CCC(COCc2ccccc2)C1. The first-order chi connectivity index (χ1) is 15.2. The summed E-state index contributed by atoms with van der Waals surface area (Å²) in [6.45, 7) is 3.87. The summed E-state index contributed by atoms with van der Waals surface area (Å²) in [5.74, 6) is 3.28. The number of ether oxygens (including phenoxy) is 4. The molecule has 0 bridgehead atoms. The Balaban J connectivity index is 1.53. The molecule has 0 aliphatic carbocycles. The van der Waals surface area contributed by atoms with Gasteiger partial charge in [0.15, 0.2) is 17.5 Å². The molecule has 1 saturated heterocycles. The van der Waals surface area contributed by atoms with Crippen molar-refractivity contribution in [1.29, 1.82) is 0 Å². The minimum absolute atomic E-state index is 0.498. The zero-order valence-electron chi connectivity index (χ0n) is 18.9. The first kappa shape index (κ1) is 22.7. The monoisotopic (exact) mass is 427 g/mol. The molecule has 1 heterocycles. The number of nitrogens with zero attached hydrogens (tertiary/aromatic N) is 2. The summed E-state index contributed by atoms with van der Waals surface area (Å²) in [4.78, 5) is 6.75. The fourth-order valence-electron chi connectivity index (χ4n) is 3.89. The number of hydrogen-bond acceptors (Lipinski definition) is 5. The summed E-state index contributed by atoms with van der Waals surface area (Å²) < 4.78 is 22.4. The van der Waals surface area contributed by atoms with E-state index in [1.54, 1.807) is 21.3 Å². The molecule has 31 heavy (non-hydrogen) atoms. The van der Waals surface area contributed by atoms with E-state index in [1.807, 2.05) is 37.4 Å². The first-order valence-electron chi connectivity index (χ1n) is 10.5. The highest BCUT2D eigenvalue weighted by atomic mass is 16.5. The van der Waals surface area contributed by atoms with Gasteiger partial charge in [0.25, 0.3) is 0 Å². The van der Waals surface area contributed by atoms with Gasteiger partial charge in [-0.25, -0.2) is 0 Å². The standard InChI is InChI=1S/C24H33N3O4/c1-25-24(26-14-20-10-11-21(28-2)23(30-4)22(20)29-3)27-13-12-19(15-27)17-31-16-18-8-6-5-7-9-18/h5-11,19H,12-17H2,1-4H3,(H,25,26). The van der Waals surface area contributed by atoms with E-state index < -0.39 is 0 Å². The molecule has 168 valence electrons. The number of methoxy groups -OCH3 is 3. The molecule has 1 fully saturated rings. The molecule has 2 aromatic rings. The maximum atomic E-state index is 5.94. The third kappa shape index (κ3) is 5.82. The Hall–Kier alpha value is -2.93. The fraction of sp³-hybridized carbons (Fsp3) is 0.458. The fourth-order valence-corrected chi connectivity index (χ4v) is 3.89. The smallest absolute Gasteiger partial charge is 0.203 e. The van der Waals surface area contributed by atoms with Gasteiger partial charge in [0.2, 0.25) is 5.75 Å². The van der Waals surface area contributed by atoms with Gasteiger partial charge in [-0.1, -0.05) is 30.3 Å². The Morgan fingerprint density at radius 2 is 1.81 bits per heavy atom. The van der Waals surface area contributed by atoms with E-state index >= 15 is 0 Å². The van der Waals surface area contributed by atoms with Crippen LogP contribution in [0.15, 0.2) is 47.5 Å². The second kappa shape index (κ2) is 11.5. The minimum atomic E-state index is 0.498. The predicted octanol–water partition coefficient (Wildman–Crippen LogP) is 3.33. The van der Waals surface area contributed by atoms with Gasteiger partial charge >= 0.3 is 0 Å². The van der Waals surface area contributed by atoms with Gasteiger partial charge in [-0.3, -0.25) is 4.99 Å². The summed E-state index contributed by atoms with van der Waals surface area (Å²) in [5, 5.41) is 3.45. The van der Waals surface area contributed by atoms with E-state index in [9.17, 15) is 0 Å². The van der Waals surface area contributed by atoms with Crippen LogP contribution in [0, 0.1) is 5.92 Å². The largest absolute Gasteiger partial charge is 0.493 e. The highest BCUT2D eigenvalue weighted by Gasteiger charge is 2.25. The zero-order chi connectivity index (χ0) is 22.1. The van der Waals surface area contributed by atoms with Gasteiger partial charge < -0.3 is 29.2 Å². The van der Waals surface area contributed by atoms with Crippen molar-refractivity contribution in [2.75, 3.05) is 48.1 Å². The molecule has 0 saturated carbocycles. The quantitative estimate of drug-likeness (QED) is 0.489. The lowest BCUT2D eigenvalue weighted by Crippen LogP contribution is -2.39. The van der Waals surface area contributed by atoms with Crippen molar-refractivity contribution in [2.45, 2.75) is 19.6 Å². The molecular formula is C24H33N3O4. The molecule has 0 spiro atoms. The summed E-state index contributed by atoms with van der Waals surface area (Å²) in [6, 6.07) is 14.2. The van der Waals surface area contributed by atoms with Crippen LogP contribution >= 0.6 is 0 Å². The Morgan fingerprint density at radius 1 is 1.03 bits per heavy atom. The van der Waals surface area contributed by atoms with Crippen LogP contribution in [0.3, 0.4) is 0 Å². The van der Waals surface area contributed by atoms with E-state index in [4.69, 9.17) is 18.9 Å². The van der Waals surface area contributed by atoms with Crippen LogP contribution in [0.2, 0.25) is 0 Å². The molecule has 7 heteroatoms. The maximum absolute atomic E-state index is 5.94. The number of likely N-dealkylation sites (tertiary alicyclic amines) is 1. The van der Waals surface area contributed by atoms with Crippen LogP contribution in [0.4, 0.5) is 0 Å². The lowest BCUT2D eigenvalue weighted by atomic mass is 10.1. The molecule has 1 atom stereocenters. The molecule has 0 aromatic heterocycles. The van der Waals surface area contributed by atoms with Crippen LogP contribution in [0.25, 0.3) is 0 Å². The van der Waals surface area contributed by atoms with E-state index in [0.717, 1.165) is 37.6 Å². The van der Waals surface area contributed by atoms with Gasteiger partial charge in [-0.2, -0.15) is 0 Å². The maximum Gasteiger partial charge on any atom is 0.203 e. The van der Waals surface area contributed by atoms with E-state index in [0.29, 0.717) is 36.3 Å². The summed E-state index contributed by atoms with van der Waals surface area (Å²) >= 11 is 0. The van der Waals surface area contributed by atoms with Crippen molar-refractivity contribution in [3.05, 3.63) is 53.6 Å². The topological polar surface area (TPSA) is 64.6 Å². The molecule has 1 aliphatic rings. The van der Waals surface area contributed by atoms with Crippen LogP contribution < -0.4 is 19.5 Å². The number of nitrogens with one attached hydrogen (secondary N) is 1. The molecular weight excluding hydrogens is 394 g/mol. The number of benzene rings is 2. The van der Waals surface area contributed by atoms with Crippen LogP contribution in [-0.2, 0) is 17.9 Å². The van der Waals surface area contributed by atoms with Crippen LogP contribution in [0.1, 0.15) is 17.5 Å². The zero-order valence-corrected chi connectivity index (χ0v) is 18.9. The normalized spacial score (nSPS) is 16.3. The van der Waals surface area contributed by atoms with E-state index in [-0.39, 0.29) is 0 Å². The molecule has 2 aromatic carbocycles. The molecule has 0 radical (unpaired) electrons. The number of aliphatic imine (C=N–C) groups is 1. The molecule has 7 nitrogen and oxygen atoms in total. The number of rotatable bonds is 9. The third-order valence-electron chi connectivity index (χ3n) is 5.48. The molecule has 0 amide bonds. The van der Waals surface area contributed by atoms with Crippen molar-refractivity contribution >= 4 is 5.96 Å². The van der Waals surface area contributed by atoms with Gasteiger partial charge in [0, 0.05) is 38.2 Å². The first-order valence-corrected chi connectivity index (χ1v) is 10.5. The molecule has 1 aliphatic heterocycles. The molecule has 1 unspecified atom stereocenters. The predicted molar refractivity (Wildman–Crippen MR) is 122 cm³/mol. The highest BCUT2D eigenvalue weighted by molar-refractivity contribution is 5.80. The molecule has 3 rings (SSSR count). The van der Waals surface area contributed by atoms with Gasteiger partial charge in [0.05, 0.1) is 34.5 Å². The Labute approximate surface area is 185 Å². The average Bonchev–Trinajstić information content (AvgIpc) is 3.28. The van der Waals surface area contributed by atoms with Crippen LogP contribution in [-0.4, -0.2) is 58.9 Å². The van der Waals surface area contributed by atoms with Crippen LogP contribution in [0.5, 0.6) is 17.2 Å². The van der Waals surface area contributed by atoms with Gasteiger partial charge in [-0.15, -0.1) is 0 Å². The second-order valence-electron chi connectivity index (χ2n) is 7.50. The summed E-state index contributed by atoms with van der Waals surface area (Å²) in [7, 11) is 6.68. The van der Waals surface area contributed by atoms with Gasteiger partial charge in [0.1, 0.15) is 0 Å². The lowest BCUT2D eigenvalue weighted by molar-refractivity contribution is 0.0906. The van der Waals surface area contributed by atoms with Crippen molar-refractivity contribution in [2.24, 2.45) is 10.9 Å². The number of guanidine groups is 1. The van der Waals surface area contributed by atoms with Crippen molar-refractivity contribution in [3.8, 4) is 17.2 Å². The average molecular weight is 428 g/mol. The van der Waals surface area contributed by atoms with Gasteiger partial charge in [-0.05, 0) is 24.1 Å². The Kier molecular flexibility index (Phi) is 8.41. The Bertz CT molecular complexity index is 857. The van der Waals surface area contributed by atoms with Crippen molar-refractivity contribution in [1.82, 2.24) is 10.2 Å². The minimum Gasteiger partial charge on any atom is -0.493 e.